The lowest BCUT2D eigenvalue weighted by atomic mass is 10.2. The van der Waals surface area contributed by atoms with Crippen molar-refractivity contribution in [1.29, 1.82) is 0 Å². The van der Waals surface area contributed by atoms with Crippen LogP contribution in [0.15, 0.2) is 18.5 Å². The van der Waals surface area contributed by atoms with E-state index in [2.05, 4.69) is 10.3 Å². The van der Waals surface area contributed by atoms with Crippen molar-refractivity contribution in [3.63, 3.8) is 0 Å². The summed E-state index contributed by atoms with van der Waals surface area (Å²) in [7, 11) is 0. The second-order valence-electron chi connectivity index (χ2n) is 3.08. The molecule has 3 nitrogen and oxygen atoms in total. The molecule has 0 radical (unpaired) electrons. The van der Waals surface area contributed by atoms with E-state index < -0.39 is 12.6 Å². The first-order valence-electron chi connectivity index (χ1n) is 4.44. The Labute approximate surface area is 95.9 Å². The van der Waals surface area contributed by atoms with Crippen LogP contribution in [0.2, 0.25) is 0 Å². The Hall–Kier alpha value is -1.37. The molecule has 3 N–H and O–H groups in total. The number of aromatic nitrogens is 1. The number of nitrogens with one attached hydrogen (secondary N) is 1. The molecule has 0 amide bonds. The fraction of sp³-hybridized carbons (Fsp3) is 0.333. The SMILES string of the molecule is NC(=S)c1ccncc1NCCC(F)(F)F. The van der Waals surface area contributed by atoms with E-state index in [4.69, 9.17) is 18.0 Å². The van der Waals surface area contributed by atoms with Crippen LogP contribution in [0.4, 0.5) is 18.9 Å². The molecule has 0 aliphatic rings. The van der Waals surface area contributed by atoms with Gasteiger partial charge in [-0.25, -0.2) is 0 Å². The summed E-state index contributed by atoms with van der Waals surface area (Å²) in [6.07, 6.45) is -2.23. The predicted molar refractivity (Wildman–Crippen MR) is 59.3 cm³/mol. The summed E-state index contributed by atoms with van der Waals surface area (Å²) in [6, 6.07) is 1.55. The first kappa shape index (κ1) is 12.7. The molecule has 7 heteroatoms. The quantitative estimate of drug-likeness (QED) is 0.802. The average molecular weight is 249 g/mol. The molecular weight excluding hydrogens is 239 g/mol. The summed E-state index contributed by atoms with van der Waals surface area (Å²) < 4.78 is 35.7. The lowest BCUT2D eigenvalue weighted by Gasteiger charge is -2.11. The largest absolute Gasteiger partial charge is 0.390 e. The highest BCUT2D eigenvalue weighted by Crippen LogP contribution is 2.20. The minimum absolute atomic E-state index is 0.122. The maximum Gasteiger partial charge on any atom is 0.390 e. The third-order valence-corrected chi connectivity index (χ3v) is 2.03. The number of hydrogen-bond acceptors (Lipinski definition) is 3. The number of anilines is 1. The average Bonchev–Trinajstić information content (AvgIpc) is 2.16. The van der Waals surface area contributed by atoms with Gasteiger partial charge in [-0.3, -0.25) is 4.98 Å². The lowest BCUT2D eigenvalue weighted by molar-refractivity contribution is -0.131. The maximum atomic E-state index is 11.9. The second-order valence-corrected chi connectivity index (χ2v) is 3.52. The Morgan fingerprint density at radius 2 is 2.19 bits per heavy atom. The van der Waals surface area contributed by atoms with Crippen LogP contribution >= 0.6 is 12.2 Å². The topological polar surface area (TPSA) is 50.9 Å². The molecule has 0 fully saturated rings. The van der Waals surface area contributed by atoms with E-state index in [1.165, 1.54) is 12.4 Å². The molecule has 0 aliphatic carbocycles. The molecule has 0 aliphatic heterocycles. The Morgan fingerprint density at radius 1 is 1.50 bits per heavy atom. The van der Waals surface area contributed by atoms with Gasteiger partial charge in [-0.05, 0) is 6.07 Å². The van der Waals surface area contributed by atoms with Gasteiger partial charge in [0.2, 0.25) is 0 Å². The zero-order valence-electron chi connectivity index (χ0n) is 8.21. The van der Waals surface area contributed by atoms with Crippen LogP contribution in [0.1, 0.15) is 12.0 Å². The maximum absolute atomic E-state index is 11.9. The second kappa shape index (κ2) is 5.11. The van der Waals surface area contributed by atoms with Crippen molar-refractivity contribution in [2.24, 2.45) is 5.73 Å². The molecule has 0 saturated carbocycles. The molecule has 1 rings (SSSR count). The van der Waals surface area contributed by atoms with Crippen LogP contribution in [0.3, 0.4) is 0 Å². The number of hydrogen-bond donors (Lipinski definition) is 2. The Balaban J connectivity index is 2.64. The van der Waals surface area contributed by atoms with Crippen LogP contribution in [0, 0.1) is 0 Å². The summed E-state index contributed by atoms with van der Waals surface area (Å²) in [5.41, 5.74) is 6.32. The molecule has 1 aromatic rings. The van der Waals surface area contributed by atoms with Gasteiger partial charge in [-0.2, -0.15) is 13.2 Å². The molecule has 0 atom stereocenters. The van der Waals surface area contributed by atoms with E-state index in [1.54, 1.807) is 6.07 Å². The van der Waals surface area contributed by atoms with Gasteiger partial charge in [0.05, 0.1) is 18.3 Å². The van der Waals surface area contributed by atoms with Crippen LogP contribution in [-0.4, -0.2) is 22.7 Å². The number of nitrogens with two attached hydrogens (primary N) is 1. The molecule has 0 spiro atoms. The first-order valence-corrected chi connectivity index (χ1v) is 4.85. The van der Waals surface area contributed by atoms with E-state index >= 15 is 0 Å². The fourth-order valence-electron chi connectivity index (χ4n) is 1.09. The number of halogens is 3. The minimum Gasteiger partial charge on any atom is -0.389 e. The predicted octanol–water partition coefficient (Wildman–Crippen LogP) is 2.08. The number of alkyl halides is 3. The first-order chi connectivity index (χ1) is 7.40. The van der Waals surface area contributed by atoms with E-state index in [0.717, 1.165) is 0 Å². The number of thiocarbonyl (C=S) groups is 1. The zero-order valence-corrected chi connectivity index (χ0v) is 9.03. The summed E-state index contributed by atoms with van der Waals surface area (Å²) in [5.74, 6) is 0. The summed E-state index contributed by atoms with van der Waals surface area (Å²) in [5, 5.41) is 2.60. The van der Waals surface area contributed by atoms with Crippen molar-refractivity contribution in [1.82, 2.24) is 4.98 Å². The Morgan fingerprint density at radius 3 is 2.75 bits per heavy atom. The monoisotopic (exact) mass is 249 g/mol. The van der Waals surface area contributed by atoms with Gasteiger partial charge in [-0.15, -0.1) is 0 Å². The third-order valence-electron chi connectivity index (χ3n) is 1.81. The zero-order chi connectivity index (χ0) is 12.2. The van der Waals surface area contributed by atoms with Crippen molar-refractivity contribution in [3.05, 3.63) is 24.0 Å². The van der Waals surface area contributed by atoms with E-state index in [9.17, 15) is 13.2 Å². The van der Waals surface area contributed by atoms with Crippen LogP contribution in [0.25, 0.3) is 0 Å². The van der Waals surface area contributed by atoms with E-state index in [-0.39, 0.29) is 11.5 Å². The molecule has 0 aromatic carbocycles. The van der Waals surface area contributed by atoms with Crippen molar-refractivity contribution in [3.8, 4) is 0 Å². The van der Waals surface area contributed by atoms with Gasteiger partial charge >= 0.3 is 6.18 Å². The number of pyridine rings is 1. The fourth-order valence-corrected chi connectivity index (χ4v) is 1.27. The molecule has 1 heterocycles. The van der Waals surface area contributed by atoms with Crippen LogP contribution < -0.4 is 11.1 Å². The summed E-state index contributed by atoms with van der Waals surface area (Å²) >= 11 is 4.76. The minimum atomic E-state index is -4.18. The van der Waals surface area contributed by atoms with Gasteiger partial charge in [-0.1, -0.05) is 12.2 Å². The molecule has 1 aromatic heterocycles. The molecule has 0 bridgehead atoms. The Kier molecular flexibility index (Phi) is 4.05. The van der Waals surface area contributed by atoms with Gasteiger partial charge < -0.3 is 11.1 Å². The van der Waals surface area contributed by atoms with Crippen LogP contribution in [-0.2, 0) is 0 Å². The van der Waals surface area contributed by atoms with Gasteiger partial charge in [0.15, 0.2) is 0 Å². The third kappa shape index (κ3) is 4.01. The standard InChI is InChI=1S/C9H10F3N3S/c10-9(11,12)2-4-15-7-5-14-3-1-6(7)8(13)16/h1,3,5,15H,2,4H2,(H2,13,16). The molecule has 0 unspecified atom stereocenters. The van der Waals surface area contributed by atoms with Crippen molar-refractivity contribution in [2.75, 3.05) is 11.9 Å². The van der Waals surface area contributed by atoms with E-state index in [1.807, 2.05) is 0 Å². The summed E-state index contributed by atoms with van der Waals surface area (Å²) in [4.78, 5) is 3.91. The van der Waals surface area contributed by atoms with Crippen molar-refractivity contribution in [2.45, 2.75) is 12.6 Å². The number of nitrogens with zero attached hydrogens (tertiary/aromatic N) is 1. The van der Waals surface area contributed by atoms with Gasteiger partial charge in [0, 0.05) is 18.3 Å². The highest BCUT2D eigenvalue weighted by atomic mass is 32.1. The van der Waals surface area contributed by atoms with Gasteiger partial charge in [0.1, 0.15) is 4.99 Å². The van der Waals surface area contributed by atoms with E-state index in [0.29, 0.717) is 11.3 Å². The summed E-state index contributed by atoms with van der Waals surface area (Å²) in [6.45, 7) is -0.231. The highest BCUT2D eigenvalue weighted by Gasteiger charge is 2.26. The lowest BCUT2D eigenvalue weighted by Crippen LogP contribution is -2.17. The number of rotatable bonds is 4. The van der Waals surface area contributed by atoms with Crippen molar-refractivity contribution < 1.29 is 13.2 Å². The normalized spacial score (nSPS) is 11.2. The smallest absolute Gasteiger partial charge is 0.389 e. The highest BCUT2D eigenvalue weighted by molar-refractivity contribution is 7.80. The molecule has 88 valence electrons. The van der Waals surface area contributed by atoms with Gasteiger partial charge in [0.25, 0.3) is 0 Å². The van der Waals surface area contributed by atoms with Crippen molar-refractivity contribution >= 4 is 22.9 Å². The molecule has 16 heavy (non-hydrogen) atoms. The molecular formula is C9H10F3N3S. The van der Waals surface area contributed by atoms with Crippen LogP contribution in [0.5, 0.6) is 0 Å². The molecule has 0 saturated heterocycles. The Bertz CT molecular complexity index is 379.